The second-order valence-corrected chi connectivity index (χ2v) is 6.74. The van der Waals surface area contributed by atoms with Gasteiger partial charge in [0, 0.05) is 13.1 Å². The van der Waals surface area contributed by atoms with Crippen LogP contribution in [0.4, 0.5) is 4.79 Å². The number of hydrogen-bond donors (Lipinski definition) is 1. The number of rotatable bonds is 5. The lowest BCUT2D eigenvalue weighted by Gasteiger charge is -2.40. The normalized spacial score (nSPS) is 25.2. The van der Waals surface area contributed by atoms with Gasteiger partial charge in [0.05, 0.1) is 0 Å². The highest BCUT2D eigenvalue weighted by atomic mass is 16.2. The van der Waals surface area contributed by atoms with Gasteiger partial charge in [0.1, 0.15) is 0 Å². The van der Waals surface area contributed by atoms with E-state index in [1.807, 2.05) is 25.1 Å². The van der Waals surface area contributed by atoms with Gasteiger partial charge in [-0.25, -0.2) is 4.79 Å². The standard InChI is InChI=1S/C19H25N3O3/c1-2-19(15-9-5-3-6-10-15)16(23)20-18(25)22(17(19)24)14-13-21-11-7-4-8-12-21/h3,5-6,9-10H,2,4,7-8,11-14H2,1H3,(H,20,23,25)/t19-/m0/s1. The van der Waals surface area contributed by atoms with Crippen molar-refractivity contribution in [2.24, 2.45) is 0 Å². The summed E-state index contributed by atoms with van der Waals surface area (Å²) >= 11 is 0. The molecule has 0 spiro atoms. The average Bonchev–Trinajstić information content (AvgIpc) is 2.64. The minimum atomic E-state index is -1.32. The zero-order valence-corrected chi connectivity index (χ0v) is 14.7. The molecule has 25 heavy (non-hydrogen) atoms. The van der Waals surface area contributed by atoms with Gasteiger partial charge in [-0.3, -0.25) is 19.8 Å². The van der Waals surface area contributed by atoms with E-state index in [0.29, 0.717) is 25.1 Å². The maximum atomic E-state index is 13.2. The quantitative estimate of drug-likeness (QED) is 0.829. The fourth-order valence-corrected chi connectivity index (χ4v) is 3.81. The molecule has 4 amide bonds. The van der Waals surface area contributed by atoms with Crippen LogP contribution in [0.3, 0.4) is 0 Å². The van der Waals surface area contributed by atoms with Gasteiger partial charge in [0.2, 0.25) is 5.91 Å². The van der Waals surface area contributed by atoms with Crippen LogP contribution in [0.15, 0.2) is 30.3 Å². The minimum Gasteiger partial charge on any atom is -0.302 e. The number of imide groups is 2. The van der Waals surface area contributed by atoms with Gasteiger partial charge in [-0.05, 0) is 37.9 Å². The van der Waals surface area contributed by atoms with Crippen molar-refractivity contribution < 1.29 is 14.4 Å². The number of amides is 4. The molecule has 1 aromatic carbocycles. The average molecular weight is 343 g/mol. The largest absolute Gasteiger partial charge is 0.330 e. The monoisotopic (exact) mass is 343 g/mol. The highest BCUT2D eigenvalue weighted by Crippen LogP contribution is 2.33. The Balaban J connectivity index is 1.83. The third-order valence-electron chi connectivity index (χ3n) is 5.35. The van der Waals surface area contributed by atoms with Gasteiger partial charge < -0.3 is 4.90 Å². The Labute approximate surface area is 148 Å². The Hall–Kier alpha value is -2.21. The maximum Gasteiger partial charge on any atom is 0.330 e. The topological polar surface area (TPSA) is 69.7 Å². The number of carbonyl (C=O) groups excluding carboxylic acids is 3. The first-order chi connectivity index (χ1) is 12.1. The highest BCUT2D eigenvalue weighted by Gasteiger charge is 2.53. The number of nitrogens with zero attached hydrogens (tertiary/aromatic N) is 2. The van der Waals surface area contributed by atoms with Crippen molar-refractivity contribution in [3.8, 4) is 0 Å². The van der Waals surface area contributed by atoms with E-state index >= 15 is 0 Å². The number of benzene rings is 1. The van der Waals surface area contributed by atoms with Crippen LogP contribution in [0.5, 0.6) is 0 Å². The summed E-state index contributed by atoms with van der Waals surface area (Å²) in [5.41, 5.74) is -0.688. The Morgan fingerprint density at radius 3 is 2.32 bits per heavy atom. The molecular formula is C19H25N3O3. The Morgan fingerprint density at radius 1 is 1.00 bits per heavy atom. The molecule has 6 heteroatoms. The Kier molecular flexibility index (Phi) is 5.18. The minimum absolute atomic E-state index is 0.312. The fourth-order valence-electron chi connectivity index (χ4n) is 3.81. The third kappa shape index (κ3) is 3.18. The molecule has 0 bridgehead atoms. The second-order valence-electron chi connectivity index (χ2n) is 6.74. The number of nitrogens with one attached hydrogen (secondary N) is 1. The Morgan fingerprint density at radius 2 is 1.68 bits per heavy atom. The molecule has 1 atom stereocenters. The summed E-state index contributed by atoms with van der Waals surface area (Å²) in [5, 5.41) is 2.40. The number of likely N-dealkylation sites (tertiary alicyclic amines) is 1. The van der Waals surface area contributed by atoms with Crippen LogP contribution in [0.2, 0.25) is 0 Å². The zero-order chi connectivity index (χ0) is 17.9. The van der Waals surface area contributed by atoms with Crippen LogP contribution in [0.1, 0.15) is 38.2 Å². The summed E-state index contributed by atoms with van der Waals surface area (Å²) in [7, 11) is 0. The van der Waals surface area contributed by atoms with Crippen molar-refractivity contribution >= 4 is 17.8 Å². The van der Waals surface area contributed by atoms with E-state index in [4.69, 9.17) is 0 Å². The fraction of sp³-hybridized carbons (Fsp3) is 0.526. The van der Waals surface area contributed by atoms with Crippen LogP contribution in [-0.2, 0) is 15.0 Å². The van der Waals surface area contributed by atoms with Crippen molar-refractivity contribution in [2.75, 3.05) is 26.2 Å². The molecule has 2 aliphatic heterocycles. The number of hydrogen-bond acceptors (Lipinski definition) is 4. The van der Waals surface area contributed by atoms with E-state index in [9.17, 15) is 14.4 Å². The van der Waals surface area contributed by atoms with E-state index in [1.54, 1.807) is 12.1 Å². The van der Waals surface area contributed by atoms with Crippen molar-refractivity contribution in [2.45, 2.75) is 38.0 Å². The predicted molar refractivity (Wildman–Crippen MR) is 94.0 cm³/mol. The Bertz CT molecular complexity index is 655. The van der Waals surface area contributed by atoms with Gasteiger partial charge in [0.25, 0.3) is 5.91 Å². The van der Waals surface area contributed by atoms with Crippen molar-refractivity contribution in [1.82, 2.24) is 15.1 Å². The van der Waals surface area contributed by atoms with Crippen LogP contribution >= 0.6 is 0 Å². The molecule has 0 aromatic heterocycles. The maximum absolute atomic E-state index is 13.2. The lowest BCUT2D eigenvalue weighted by Crippen LogP contribution is -2.66. The van der Waals surface area contributed by atoms with E-state index in [-0.39, 0.29) is 0 Å². The molecule has 0 saturated carbocycles. The molecule has 6 nitrogen and oxygen atoms in total. The molecular weight excluding hydrogens is 318 g/mol. The molecule has 2 aliphatic rings. The summed E-state index contributed by atoms with van der Waals surface area (Å²) in [4.78, 5) is 41.6. The highest BCUT2D eigenvalue weighted by molar-refractivity contribution is 6.22. The van der Waals surface area contributed by atoms with Gasteiger partial charge >= 0.3 is 6.03 Å². The van der Waals surface area contributed by atoms with Crippen molar-refractivity contribution in [3.05, 3.63) is 35.9 Å². The lowest BCUT2D eigenvalue weighted by atomic mass is 9.75. The molecule has 2 saturated heterocycles. The molecule has 0 aliphatic carbocycles. The molecule has 134 valence electrons. The molecule has 3 rings (SSSR count). The first-order valence-electron chi connectivity index (χ1n) is 9.05. The van der Waals surface area contributed by atoms with E-state index in [2.05, 4.69) is 10.2 Å². The number of piperidine rings is 1. The van der Waals surface area contributed by atoms with Gasteiger partial charge in [-0.2, -0.15) is 0 Å². The molecule has 0 radical (unpaired) electrons. The van der Waals surface area contributed by atoms with Crippen LogP contribution in [-0.4, -0.2) is 53.8 Å². The molecule has 1 aromatic rings. The number of urea groups is 1. The molecule has 1 N–H and O–H groups in total. The summed E-state index contributed by atoms with van der Waals surface area (Å²) < 4.78 is 0. The van der Waals surface area contributed by atoms with E-state index in [0.717, 1.165) is 25.9 Å². The second kappa shape index (κ2) is 7.35. The van der Waals surface area contributed by atoms with Crippen molar-refractivity contribution in [1.29, 1.82) is 0 Å². The number of barbiturate groups is 1. The van der Waals surface area contributed by atoms with Gasteiger partial charge in [0.15, 0.2) is 5.41 Å². The van der Waals surface area contributed by atoms with Crippen LogP contribution < -0.4 is 5.32 Å². The van der Waals surface area contributed by atoms with E-state index in [1.165, 1.54) is 11.3 Å². The van der Waals surface area contributed by atoms with Crippen LogP contribution in [0.25, 0.3) is 0 Å². The predicted octanol–water partition coefficient (Wildman–Crippen LogP) is 1.90. The van der Waals surface area contributed by atoms with Crippen molar-refractivity contribution in [3.63, 3.8) is 0 Å². The van der Waals surface area contributed by atoms with Crippen LogP contribution in [0, 0.1) is 0 Å². The summed E-state index contributed by atoms with van der Waals surface area (Å²) in [5.74, 6) is -0.933. The first kappa shape index (κ1) is 17.6. The van der Waals surface area contributed by atoms with Gasteiger partial charge in [-0.15, -0.1) is 0 Å². The molecule has 2 heterocycles. The summed E-state index contributed by atoms with van der Waals surface area (Å²) in [6, 6.07) is 8.41. The molecule has 2 fully saturated rings. The summed E-state index contributed by atoms with van der Waals surface area (Å²) in [6.45, 7) is 4.78. The SMILES string of the molecule is CC[C@]1(c2ccccc2)C(=O)NC(=O)N(CCN2CCCCC2)C1=O. The first-order valence-corrected chi connectivity index (χ1v) is 9.05. The smallest absolute Gasteiger partial charge is 0.302 e. The molecule has 0 unspecified atom stereocenters. The van der Waals surface area contributed by atoms with E-state index < -0.39 is 23.3 Å². The summed E-state index contributed by atoms with van der Waals surface area (Å²) in [6.07, 6.45) is 3.86. The lowest BCUT2D eigenvalue weighted by molar-refractivity contribution is -0.145. The zero-order valence-electron chi connectivity index (χ0n) is 14.7. The number of carbonyl (C=O) groups is 3. The van der Waals surface area contributed by atoms with Gasteiger partial charge in [-0.1, -0.05) is 43.7 Å². The third-order valence-corrected chi connectivity index (χ3v) is 5.35.